The molecule has 1 N–H and O–H groups in total. The highest BCUT2D eigenvalue weighted by Gasteiger charge is 1.93. The largest absolute Gasteiger partial charge is 0.378 e. The van der Waals surface area contributed by atoms with Crippen LogP contribution in [0, 0.1) is 0 Å². The number of rotatable bonds is 17. The van der Waals surface area contributed by atoms with E-state index >= 15 is 0 Å². The summed E-state index contributed by atoms with van der Waals surface area (Å²) in [5, 5.41) is 3.01. The first-order valence-corrected chi connectivity index (χ1v) is 7.54. The van der Waals surface area contributed by atoms with E-state index in [0.717, 1.165) is 6.54 Å². The van der Waals surface area contributed by atoms with Crippen molar-refractivity contribution >= 4 is 11.6 Å². The van der Waals surface area contributed by atoms with Crippen molar-refractivity contribution in [1.82, 2.24) is 5.32 Å². The maximum absolute atomic E-state index is 5.46. The summed E-state index contributed by atoms with van der Waals surface area (Å²) in [6.45, 7) is 6.78. The molecule has 0 amide bonds. The first kappa shape index (κ1) is 20.1. The Morgan fingerprint density at radius 1 is 0.600 bits per heavy atom. The molecule has 0 unspecified atom stereocenters. The van der Waals surface area contributed by atoms with E-state index in [1.807, 2.05) is 7.05 Å². The van der Waals surface area contributed by atoms with Gasteiger partial charge in [-0.15, -0.1) is 11.6 Å². The molecule has 0 fully saturated rings. The fourth-order valence-electron chi connectivity index (χ4n) is 1.21. The van der Waals surface area contributed by atoms with E-state index < -0.39 is 0 Å². The Balaban J connectivity index is 2.89. The maximum Gasteiger partial charge on any atom is 0.0701 e. The van der Waals surface area contributed by atoms with E-state index in [0.29, 0.717) is 71.9 Å². The average molecular weight is 314 g/mol. The zero-order chi connectivity index (χ0) is 14.7. The van der Waals surface area contributed by atoms with Crippen molar-refractivity contribution in [1.29, 1.82) is 0 Å². The Hall–Kier alpha value is 0.0500. The van der Waals surface area contributed by atoms with E-state index in [-0.39, 0.29) is 0 Å². The van der Waals surface area contributed by atoms with Gasteiger partial charge in [-0.1, -0.05) is 0 Å². The van der Waals surface area contributed by atoms with Gasteiger partial charge < -0.3 is 29.0 Å². The minimum absolute atomic E-state index is 0.518. The molecule has 122 valence electrons. The standard InChI is InChI=1S/C13H28ClNO5/c1-15-3-5-17-7-9-19-11-13-20-12-10-18-8-6-16-4-2-14/h15H,2-13H2,1H3. The van der Waals surface area contributed by atoms with Crippen molar-refractivity contribution in [2.75, 3.05) is 85.5 Å². The van der Waals surface area contributed by atoms with Gasteiger partial charge in [0.15, 0.2) is 0 Å². The van der Waals surface area contributed by atoms with Crippen LogP contribution in [0.15, 0.2) is 0 Å². The molecule has 0 aromatic heterocycles. The molecule has 0 aromatic rings. The van der Waals surface area contributed by atoms with Gasteiger partial charge in [0, 0.05) is 12.4 Å². The zero-order valence-corrected chi connectivity index (χ0v) is 13.2. The first-order valence-electron chi connectivity index (χ1n) is 7.01. The highest BCUT2D eigenvalue weighted by molar-refractivity contribution is 6.17. The Morgan fingerprint density at radius 2 is 0.950 bits per heavy atom. The molecule has 0 atom stereocenters. The molecular formula is C13H28ClNO5. The Morgan fingerprint density at radius 3 is 1.30 bits per heavy atom. The zero-order valence-electron chi connectivity index (χ0n) is 12.4. The predicted molar refractivity (Wildman–Crippen MR) is 78.7 cm³/mol. The second kappa shape index (κ2) is 19.1. The molecular weight excluding hydrogens is 286 g/mol. The molecule has 7 heteroatoms. The molecule has 6 nitrogen and oxygen atoms in total. The normalized spacial score (nSPS) is 11.1. The Labute approximate surface area is 127 Å². The molecule has 0 spiro atoms. The number of hydrogen-bond acceptors (Lipinski definition) is 6. The topological polar surface area (TPSA) is 58.2 Å². The SMILES string of the molecule is CNCCOCCOCCOCCOCCOCCCl. The lowest BCUT2D eigenvalue weighted by Crippen LogP contribution is -2.17. The number of likely N-dealkylation sites (N-methyl/N-ethyl adjacent to an activating group) is 1. The van der Waals surface area contributed by atoms with Gasteiger partial charge in [0.05, 0.1) is 66.1 Å². The van der Waals surface area contributed by atoms with Crippen LogP contribution in [-0.4, -0.2) is 85.5 Å². The van der Waals surface area contributed by atoms with Gasteiger partial charge in [-0.05, 0) is 7.05 Å². The third kappa shape index (κ3) is 18.0. The van der Waals surface area contributed by atoms with E-state index in [4.69, 9.17) is 35.3 Å². The highest BCUT2D eigenvalue weighted by Crippen LogP contribution is 1.84. The Bertz CT molecular complexity index is 159. The molecule has 0 saturated heterocycles. The summed E-state index contributed by atoms with van der Waals surface area (Å²) < 4.78 is 26.5. The van der Waals surface area contributed by atoms with Crippen LogP contribution in [0.25, 0.3) is 0 Å². The molecule has 0 aliphatic heterocycles. The lowest BCUT2D eigenvalue weighted by molar-refractivity contribution is -0.00978. The van der Waals surface area contributed by atoms with E-state index in [9.17, 15) is 0 Å². The van der Waals surface area contributed by atoms with Crippen LogP contribution in [0.4, 0.5) is 0 Å². The lowest BCUT2D eigenvalue weighted by atomic mass is 10.6. The van der Waals surface area contributed by atoms with Crippen LogP contribution < -0.4 is 5.32 Å². The minimum Gasteiger partial charge on any atom is -0.378 e. The third-order valence-corrected chi connectivity index (χ3v) is 2.36. The maximum atomic E-state index is 5.46. The molecule has 0 saturated carbocycles. The number of ether oxygens (including phenoxy) is 5. The number of nitrogens with one attached hydrogen (secondary N) is 1. The van der Waals surface area contributed by atoms with Gasteiger partial charge in [0.2, 0.25) is 0 Å². The van der Waals surface area contributed by atoms with Crippen LogP contribution in [-0.2, 0) is 23.7 Å². The summed E-state index contributed by atoms with van der Waals surface area (Å²) >= 11 is 5.46. The molecule has 0 aliphatic rings. The van der Waals surface area contributed by atoms with Crippen molar-refractivity contribution < 1.29 is 23.7 Å². The van der Waals surface area contributed by atoms with Crippen molar-refractivity contribution in [2.45, 2.75) is 0 Å². The molecule has 0 aliphatic carbocycles. The van der Waals surface area contributed by atoms with E-state index in [1.165, 1.54) is 0 Å². The van der Waals surface area contributed by atoms with Gasteiger partial charge >= 0.3 is 0 Å². The summed E-state index contributed by atoms with van der Waals surface area (Å²) in [5.41, 5.74) is 0. The van der Waals surface area contributed by atoms with Gasteiger partial charge in [-0.3, -0.25) is 0 Å². The smallest absolute Gasteiger partial charge is 0.0701 e. The van der Waals surface area contributed by atoms with Crippen molar-refractivity contribution in [3.05, 3.63) is 0 Å². The van der Waals surface area contributed by atoms with Gasteiger partial charge in [-0.2, -0.15) is 0 Å². The van der Waals surface area contributed by atoms with Gasteiger partial charge in [-0.25, -0.2) is 0 Å². The summed E-state index contributed by atoms with van der Waals surface area (Å²) in [7, 11) is 1.90. The average Bonchev–Trinajstić information content (AvgIpc) is 2.47. The van der Waals surface area contributed by atoms with Gasteiger partial charge in [0.25, 0.3) is 0 Å². The number of hydrogen-bond donors (Lipinski definition) is 1. The van der Waals surface area contributed by atoms with Crippen LogP contribution in [0.5, 0.6) is 0 Å². The third-order valence-electron chi connectivity index (χ3n) is 2.21. The molecule has 0 radical (unpaired) electrons. The summed E-state index contributed by atoms with van der Waals surface area (Å²) in [6.07, 6.45) is 0. The predicted octanol–water partition coefficient (Wildman–Crippen LogP) is 0.528. The fourth-order valence-corrected chi connectivity index (χ4v) is 1.32. The quantitative estimate of drug-likeness (QED) is 0.312. The molecule has 0 rings (SSSR count). The summed E-state index contributed by atoms with van der Waals surface area (Å²) in [5.74, 6) is 0.518. The highest BCUT2D eigenvalue weighted by atomic mass is 35.5. The second-order valence-corrected chi connectivity index (χ2v) is 4.23. The van der Waals surface area contributed by atoms with E-state index in [1.54, 1.807) is 0 Å². The number of halogens is 1. The van der Waals surface area contributed by atoms with Crippen LogP contribution in [0.2, 0.25) is 0 Å². The Kier molecular flexibility index (Phi) is 19.1. The molecule has 0 bridgehead atoms. The summed E-state index contributed by atoms with van der Waals surface area (Å²) in [6, 6.07) is 0. The second-order valence-electron chi connectivity index (χ2n) is 3.85. The van der Waals surface area contributed by atoms with Crippen LogP contribution in [0.1, 0.15) is 0 Å². The van der Waals surface area contributed by atoms with Crippen molar-refractivity contribution in [3.63, 3.8) is 0 Å². The monoisotopic (exact) mass is 313 g/mol. The first-order chi connectivity index (χ1) is 9.91. The molecule has 0 aromatic carbocycles. The van der Waals surface area contributed by atoms with Crippen LogP contribution >= 0.6 is 11.6 Å². The number of alkyl halides is 1. The van der Waals surface area contributed by atoms with Crippen molar-refractivity contribution in [3.8, 4) is 0 Å². The van der Waals surface area contributed by atoms with Gasteiger partial charge in [0.1, 0.15) is 0 Å². The van der Waals surface area contributed by atoms with E-state index in [2.05, 4.69) is 5.32 Å². The fraction of sp³-hybridized carbons (Fsp3) is 1.00. The van der Waals surface area contributed by atoms with Crippen LogP contribution in [0.3, 0.4) is 0 Å². The molecule has 20 heavy (non-hydrogen) atoms. The molecule has 0 heterocycles. The van der Waals surface area contributed by atoms with Crippen molar-refractivity contribution in [2.24, 2.45) is 0 Å². The lowest BCUT2D eigenvalue weighted by Gasteiger charge is -2.07. The summed E-state index contributed by atoms with van der Waals surface area (Å²) in [4.78, 5) is 0. The minimum atomic E-state index is 0.518.